The van der Waals surface area contributed by atoms with E-state index in [1.165, 1.54) is 77.6 Å². The predicted molar refractivity (Wildman–Crippen MR) is 120 cm³/mol. The summed E-state index contributed by atoms with van der Waals surface area (Å²) in [6.45, 7) is 4.29. The van der Waals surface area contributed by atoms with Crippen LogP contribution in [0.2, 0.25) is 0 Å². The second-order valence-electron chi connectivity index (χ2n) is 8.81. The van der Waals surface area contributed by atoms with Crippen molar-refractivity contribution in [2.75, 3.05) is 6.54 Å². The molecule has 6 heteroatoms. The molecule has 0 bridgehead atoms. The van der Waals surface area contributed by atoms with Gasteiger partial charge in [-0.15, -0.1) is 0 Å². The molecule has 1 aliphatic heterocycles. The lowest BCUT2D eigenvalue weighted by atomic mass is 10.0. The molecule has 2 atom stereocenters. The van der Waals surface area contributed by atoms with Crippen LogP contribution < -0.4 is 5.32 Å². The van der Waals surface area contributed by atoms with Crippen LogP contribution in [0.3, 0.4) is 0 Å². The molecule has 0 unspecified atom stereocenters. The largest absolute Gasteiger partial charge is 0.480 e. The fourth-order valence-electron chi connectivity index (χ4n) is 4.15. The molecular weight excluding hydrogens is 380 g/mol. The van der Waals surface area contributed by atoms with Gasteiger partial charge in [0.25, 0.3) is 0 Å². The summed E-state index contributed by atoms with van der Waals surface area (Å²) in [7, 11) is 0. The Balaban J connectivity index is 2.07. The Morgan fingerprint density at radius 1 is 0.900 bits per heavy atom. The summed E-state index contributed by atoms with van der Waals surface area (Å²) in [5, 5.41) is 11.4. The van der Waals surface area contributed by atoms with Gasteiger partial charge in [0.2, 0.25) is 11.8 Å². The van der Waals surface area contributed by atoms with E-state index in [4.69, 9.17) is 5.11 Å². The first-order chi connectivity index (χ1) is 14.5. The molecule has 2 amide bonds. The van der Waals surface area contributed by atoms with E-state index in [-0.39, 0.29) is 11.8 Å². The van der Waals surface area contributed by atoms with Crippen LogP contribution in [0.15, 0.2) is 0 Å². The molecule has 1 rings (SSSR count). The number of unbranched alkanes of at least 4 members (excludes halogenated alkanes) is 12. The summed E-state index contributed by atoms with van der Waals surface area (Å²) < 4.78 is 0. The number of rotatable bonds is 17. The molecule has 30 heavy (non-hydrogen) atoms. The number of hydrogen-bond acceptors (Lipinski definition) is 3. The highest BCUT2D eigenvalue weighted by atomic mass is 16.4. The summed E-state index contributed by atoms with van der Waals surface area (Å²) in [6, 6.07) is -1.45. The van der Waals surface area contributed by atoms with E-state index in [0.717, 1.165) is 19.3 Å². The maximum atomic E-state index is 12.5. The molecule has 0 spiro atoms. The number of nitrogens with one attached hydrogen (secondary N) is 1. The third-order valence-electron chi connectivity index (χ3n) is 6.10. The van der Waals surface area contributed by atoms with Crippen molar-refractivity contribution in [1.29, 1.82) is 0 Å². The van der Waals surface area contributed by atoms with Gasteiger partial charge in [-0.1, -0.05) is 84.0 Å². The van der Waals surface area contributed by atoms with Gasteiger partial charge >= 0.3 is 5.97 Å². The molecule has 0 saturated carbocycles. The SMILES string of the molecule is CCCCCCCCCCCCCCCC(=O)N1CCC[C@H]1C(=O)N[C@@H](C)C(=O)O. The highest BCUT2D eigenvalue weighted by Crippen LogP contribution is 2.20. The van der Waals surface area contributed by atoms with Gasteiger partial charge in [-0.05, 0) is 26.2 Å². The smallest absolute Gasteiger partial charge is 0.325 e. The standard InChI is InChI=1S/C24H44N2O4/c1-3-4-5-6-7-8-9-10-11-12-13-14-15-18-22(27)26-19-16-17-21(26)23(28)25-20(2)24(29)30/h20-21H,3-19H2,1-2H3,(H,25,28)(H,29,30)/t20-,21-/m0/s1. The molecule has 0 aromatic heterocycles. The van der Waals surface area contributed by atoms with E-state index in [1.54, 1.807) is 4.90 Å². The van der Waals surface area contributed by atoms with Crippen LogP contribution in [0, 0.1) is 0 Å². The topological polar surface area (TPSA) is 86.7 Å². The van der Waals surface area contributed by atoms with Crippen LogP contribution >= 0.6 is 0 Å². The van der Waals surface area contributed by atoms with Crippen molar-refractivity contribution < 1.29 is 19.5 Å². The predicted octanol–water partition coefficient (Wildman–Crippen LogP) is 5.05. The Hall–Kier alpha value is -1.59. The maximum Gasteiger partial charge on any atom is 0.325 e. The molecule has 0 aromatic carbocycles. The normalized spacial score (nSPS) is 17.1. The second kappa shape index (κ2) is 16.1. The number of nitrogens with zero attached hydrogens (tertiary/aromatic N) is 1. The van der Waals surface area contributed by atoms with E-state index >= 15 is 0 Å². The monoisotopic (exact) mass is 424 g/mol. The molecule has 174 valence electrons. The van der Waals surface area contributed by atoms with Crippen molar-refractivity contribution in [3.05, 3.63) is 0 Å². The number of carboxylic acids is 1. The zero-order valence-electron chi connectivity index (χ0n) is 19.3. The highest BCUT2D eigenvalue weighted by molar-refractivity contribution is 5.90. The molecule has 0 aliphatic carbocycles. The van der Waals surface area contributed by atoms with Crippen LogP contribution in [-0.4, -0.2) is 46.4 Å². The number of carbonyl (C=O) groups excluding carboxylic acids is 2. The van der Waals surface area contributed by atoms with Crippen molar-refractivity contribution in [2.24, 2.45) is 0 Å². The van der Waals surface area contributed by atoms with Gasteiger partial charge in [0, 0.05) is 13.0 Å². The van der Waals surface area contributed by atoms with Gasteiger partial charge in [-0.25, -0.2) is 0 Å². The molecule has 1 saturated heterocycles. The number of likely N-dealkylation sites (tertiary alicyclic amines) is 1. The van der Waals surface area contributed by atoms with Crippen molar-refractivity contribution in [3.63, 3.8) is 0 Å². The van der Waals surface area contributed by atoms with Gasteiger partial charge in [0.1, 0.15) is 12.1 Å². The Bertz CT molecular complexity index is 509. The highest BCUT2D eigenvalue weighted by Gasteiger charge is 2.34. The number of hydrogen-bond donors (Lipinski definition) is 2. The number of aliphatic carboxylic acids is 1. The Labute approximate surface area is 183 Å². The van der Waals surface area contributed by atoms with E-state index in [2.05, 4.69) is 12.2 Å². The van der Waals surface area contributed by atoms with Crippen LogP contribution in [0.4, 0.5) is 0 Å². The quantitative estimate of drug-likeness (QED) is 0.320. The lowest BCUT2D eigenvalue weighted by Crippen LogP contribution is -2.49. The third-order valence-corrected chi connectivity index (χ3v) is 6.10. The van der Waals surface area contributed by atoms with Crippen molar-refractivity contribution in [1.82, 2.24) is 10.2 Å². The molecule has 6 nitrogen and oxygen atoms in total. The molecule has 2 N–H and O–H groups in total. The Kier molecular flexibility index (Phi) is 14.2. The fourth-order valence-corrected chi connectivity index (χ4v) is 4.15. The Morgan fingerprint density at radius 2 is 1.40 bits per heavy atom. The molecule has 0 radical (unpaired) electrons. The number of carboxylic acid groups (broad SMARTS) is 1. The van der Waals surface area contributed by atoms with E-state index in [0.29, 0.717) is 19.4 Å². The maximum absolute atomic E-state index is 12.5. The number of amides is 2. The fraction of sp³-hybridized carbons (Fsp3) is 0.875. The molecule has 1 heterocycles. The average Bonchev–Trinajstić information content (AvgIpc) is 3.21. The van der Waals surface area contributed by atoms with Gasteiger partial charge in [0.05, 0.1) is 0 Å². The van der Waals surface area contributed by atoms with Gasteiger partial charge in [-0.2, -0.15) is 0 Å². The third kappa shape index (κ3) is 11.0. The minimum absolute atomic E-state index is 0.0266. The summed E-state index contributed by atoms with van der Waals surface area (Å²) >= 11 is 0. The van der Waals surface area contributed by atoms with Crippen molar-refractivity contribution >= 4 is 17.8 Å². The first kappa shape index (κ1) is 26.4. The van der Waals surface area contributed by atoms with Crippen molar-refractivity contribution in [2.45, 2.75) is 129 Å². The second-order valence-corrected chi connectivity index (χ2v) is 8.81. The lowest BCUT2D eigenvalue weighted by Gasteiger charge is -2.24. The first-order valence-corrected chi connectivity index (χ1v) is 12.3. The summed E-state index contributed by atoms with van der Waals surface area (Å²) in [5.74, 6) is -1.38. The van der Waals surface area contributed by atoms with E-state index < -0.39 is 18.1 Å². The van der Waals surface area contributed by atoms with Gasteiger partial charge in [0.15, 0.2) is 0 Å². The molecule has 0 aromatic rings. The lowest BCUT2D eigenvalue weighted by molar-refractivity contribution is -0.143. The summed E-state index contributed by atoms with van der Waals surface area (Å²) in [6.07, 6.45) is 18.4. The van der Waals surface area contributed by atoms with E-state index in [9.17, 15) is 14.4 Å². The first-order valence-electron chi connectivity index (χ1n) is 12.3. The minimum Gasteiger partial charge on any atom is -0.480 e. The van der Waals surface area contributed by atoms with Gasteiger partial charge < -0.3 is 15.3 Å². The molecule has 1 fully saturated rings. The molecular formula is C24H44N2O4. The van der Waals surface area contributed by atoms with Crippen LogP contribution in [-0.2, 0) is 14.4 Å². The zero-order chi connectivity index (χ0) is 22.2. The number of carbonyl (C=O) groups is 3. The van der Waals surface area contributed by atoms with Crippen LogP contribution in [0.5, 0.6) is 0 Å². The van der Waals surface area contributed by atoms with E-state index in [1.807, 2.05) is 0 Å². The Morgan fingerprint density at radius 3 is 1.90 bits per heavy atom. The summed E-state index contributed by atoms with van der Waals surface area (Å²) in [5.41, 5.74) is 0. The molecule has 1 aliphatic rings. The zero-order valence-corrected chi connectivity index (χ0v) is 19.3. The summed E-state index contributed by atoms with van der Waals surface area (Å²) in [4.78, 5) is 37.4. The van der Waals surface area contributed by atoms with Crippen LogP contribution in [0.25, 0.3) is 0 Å². The average molecular weight is 425 g/mol. The van der Waals surface area contributed by atoms with Crippen LogP contribution in [0.1, 0.15) is 117 Å². The van der Waals surface area contributed by atoms with Gasteiger partial charge in [-0.3, -0.25) is 14.4 Å². The minimum atomic E-state index is -1.06. The van der Waals surface area contributed by atoms with Crippen molar-refractivity contribution in [3.8, 4) is 0 Å².